The van der Waals surface area contributed by atoms with Crippen molar-refractivity contribution >= 4 is 48.9 Å². The molecule has 0 spiro atoms. The Morgan fingerprint density at radius 3 is 1.00 bits per heavy atom. The fraction of sp³-hybridized carbons (Fsp3) is 0. The summed E-state index contributed by atoms with van der Waals surface area (Å²) in [5.74, 6) is 0. The van der Waals surface area contributed by atoms with Crippen LogP contribution < -0.4 is 0 Å². The van der Waals surface area contributed by atoms with Crippen LogP contribution in [0.15, 0.2) is 0 Å². The van der Waals surface area contributed by atoms with Crippen molar-refractivity contribution in [3.8, 4) is 0 Å². The summed E-state index contributed by atoms with van der Waals surface area (Å²) >= 11 is 0. The van der Waals surface area contributed by atoms with Gasteiger partial charge in [0.05, 0.1) is 0 Å². The zero-order chi connectivity index (χ0) is 0. The molecule has 0 aliphatic rings. The molecule has 0 fully saturated rings. The molecule has 0 saturated heterocycles. The van der Waals surface area contributed by atoms with Crippen molar-refractivity contribution in [2.24, 2.45) is 0 Å². The summed E-state index contributed by atoms with van der Waals surface area (Å²) in [7, 11) is 0. The van der Waals surface area contributed by atoms with Gasteiger partial charge in [0.1, 0.15) is 0 Å². The van der Waals surface area contributed by atoms with Crippen LogP contribution in [0.5, 0.6) is 0 Å². The van der Waals surface area contributed by atoms with Gasteiger partial charge >= 0.3 is 65.9 Å². The molecule has 0 aromatic rings. The molecule has 0 saturated carbocycles. The maximum Gasteiger partial charge on any atom is 2.00 e. The molecule has 0 aromatic heterocycles. The SMILES string of the molecule is [BaH2].[Cu+2].[Nd].[O-2]. The van der Waals surface area contributed by atoms with Crippen molar-refractivity contribution in [3.63, 3.8) is 0 Å². The molecular weight excluding hydrogens is 361 g/mol. The van der Waals surface area contributed by atoms with Crippen LogP contribution in [0.4, 0.5) is 0 Å². The topological polar surface area (TPSA) is 28.5 Å². The van der Waals surface area contributed by atoms with Crippen LogP contribution in [0.3, 0.4) is 0 Å². The zero-order valence-corrected chi connectivity index (χ0v) is 5.36. The van der Waals surface area contributed by atoms with Crippen molar-refractivity contribution in [2.45, 2.75) is 0 Å². The van der Waals surface area contributed by atoms with Gasteiger partial charge in [0.25, 0.3) is 0 Å². The molecule has 0 aliphatic carbocycles. The Balaban J connectivity index is 0. The van der Waals surface area contributed by atoms with E-state index in [1.54, 1.807) is 0 Å². The third-order valence-electron chi connectivity index (χ3n) is 0. The fourth-order valence-corrected chi connectivity index (χ4v) is 0. The van der Waals surface area contributed by atoms with Gasteiger partial charge in [0, 0.05) is 40.8 Å². The molecule has 4 heteroatoms. The summed E-state index contributed by atoms with van der Waals surface area (Å²) in [4.78, 5) is 0. The fourth-order valence-electron chi connectivity index (χ4n) is 0. The van der Waals surface area contributed by atoms with Crippen LogP contribution in [0.25, 0.3) is 0 Å². The Morgan fingerprint density at radius 1 is 1.00 bits per heavy atom. The first-order valence-corrected chi connectivity index (χ1v) is 0. The summed E-state index contributed by atoms with van der Waals surface area (Å²) in [6.07, 6.45) is 0. The molecule has 0 amide bonds. The van der Waals surface area contributed by atoms with Gasteiger partial charge in [-0.25, -0.2) is 0 Å². The number of hydrogen-bond acceptors (Lipinski definition) is 0. The predicted molar refractivity (Wildman–Crippen MR) is 9.23 cm³/mol. The van der Waals surface area contributed by atoms with Gasteiger partial charge in [-0.15, -0.1) is 0 Å². The quantitative estimate of drug-likeness (QED) is 0.493. The minimum atomic E-state index is 0. The summed E-state index contributed by atoms with van der Waals surface area (Å²) in [5.41, 5.74) is 0. The van der Waals surface area contributed by atoms with Crippen LogP contribution in [-0.4, -0.2) is 48.9 Å². The van der Waals surface area contributed by atoms with E-state index in [1.807, 2.05) is 0 Å². The Hall–Kier alpha value is 3.40. The first-order valence-electron chi connectivity index (χ1n) is 0. The van der Waals surface area contributed by atoms with E-state index < -0.39 is 0 Å². The maximum atomic E-state index is 0. The van der Waals surface area contributed by atoms with Gasteiger partial charge in [-0.1, -0.05) is 0 Å². The minimum absolute atomic E-state index is 0. The van der Waals surface area contributed by atoms with Crippen LogP contribution in [0.1, 0.15) is 0 Å². The molecule has 0 rings (SSSR count). The second-order valence-corrected chi connectivity index (χ2v) is 0. The van der Waals surface area contributed by atoms with Gasteiger partial charge in [-0.05, 0) is 0 Å². The Kier molecular flexibility index (Phi) is 106. The van der Waals surface area contributed by atoms with Crippen LogP contribution in [0.2, 0.25) is 0 Å². The molecule has 0 bridgehead atoms. The first-order chi connectivity index (χ1) is 0. The molecule has 0 atom stereocenters. The minimum Gasteiger partial charge on any atom is -2.00 e. The molecule has 0 aromatic carbocycles. The Bertz CT molecular complexity index is 8.00. The van der Waals surface area contributed by atoms with Crippen LogP contribution >= 0.6 is 0 Å². The average molecular weight is 363 g/mol. The summed E-state index contributed by atoms with van der Waals surface area (Å²) in [6.45, 7) is 0. The van der Waals surface area contributed by atoms with Crippen molar-refractivity contribution in [1.82, 2.24) is 0 Å². The summed E-state index contributed by atoms with van der Waals surface area (Å²) < 4.78 is 0. The normalized spacial score (nSPS) is 0. The predicted octanol–water partition coefficient (Wildman–Crippen LogP) is -1.04. The third-order valence-corrected chi connectivity index (χ3v) is 0. The van der Waals surface area contributed by atoms with Gasteiger partial charge in [-0.3, -0.25) is 0 Å². The Morgan fingerprint density at radius 2 is 1.00 bits per heavy atom. The van der Waals surface area contributed by atoms with E-state index in [9.17, 15) is 0 Å². The van der Waals surface area contributed by atoms with E-state index in [0.29, 0.717) is 0 Å². The smallest absolute Gasteiger partial charge is 2.00 e. The molecule has 1 radical (unpaired) electrons. The van der Waals surface area contributed by atoms with Crippen molar-refractivity contribution in [3.05, 3.63) is 0 Å². The van der Waals surface area contributed by atoms with Gasteiger partial charge in [0.2, 0.25) is 0 Å². The molecule has 25 valence electrons. The van der Waals surface area contributed by atoms with Crippen LogP contribution in [0, 0.1) is 40.8 Å². The summed E-state index contributed by atoms with van der Waals surface area (Å²) in [5, 5.41) is 0. The van der Waals surface area contributed by atoms with Crippen LogP contribution in [-0.2, 0) is 22.5 Å². The van der Waals surface area contributed by atoms with E-state index in [0.717, 1.165) is 0 Å². The van der Waals surface area contributed by atoms with E-state index in [1.165, 1.54) is 0 Å². The van der Waals surface area contributed by atoms with E-state index >= 15 is 0 Å². The zero-order valence-electron chi connectivity index (χ0n) is 1.21. The molecule has 4 heavy (non-hydrogen) atoms. The molecule has 0 unspecified atom stereocenters. The van der Waals surface area contributed by atoms with E-state index in [-0.39, 0.29) is 112 Å². The van der Waals surface area contributed by atoms with Crippen molar-refractivity contribution in [1.29, 1.82) is 0 Å². The standard InChI is InChI=1S/Ba.Cu.Nd.O.2H/q;+2;;-2;;. The van der Waals surface area contributed by atoms with Gasteiger partial charge < -0.3 is 5.48 Å². The molecule has 0 aliphatic heterocycles. The molecular formula is H2BaCuNdO. The van der Waals surface area contributed by atoms with Crippen molar-refractivity contribution in [2.75, 3.05) is 0 Å². The molecule has 1 nitrogen and oxygen atoms in total. The third kappa shape index (κ3) is 9.04. The maximum absolute atomic E-state index is 0. The second kappa shape index (κ2) is 16.1. The van der Waals surface area contributed by atoms with Crippen molar-refractivity contribution < 1.29 is 63.4 Å². The first kappa shape index (κ1) is 26.2. The summed E-state index contributed by atoms with van der Waals surface area (Å²) in [6, 6.07) is 0. The monoisotopic (exact) mass is 361 g/mol. The largest absolute Gasteiger partial charge is 2.00 e. The van der Waals surface area contributed by atoms with Gasteiger partial charge in [0.15, 0.2) is 0 Å². The van der Waals surface area contributed by atoms with E-state index in [4.69, 9.17) is 0 Å². The van der Waals surface area contributed by atoms with Gasteiger partial charge in [-0.2, -0.15) is 0 Å². The molecule has 0 N–H and O–H groups in total. The average Bonchev–Trinajstić information content (AvgIpc) is 0. The number of rotatable bonds is 0. The number of hydrogen-bond donors (Lipinski definition) is 0. The Labute approximate surface area is 109 Å². The molecule has 0 heterocycles. The second-order valence-electron chi connectivity index (χ2n) is 0. The van der Waals surface area contributed by atoms with E-state index in [2.05, 4.69) is 0 Å².